The standard InChI is InChI=1S/C27H34N2O6S.C17H24N2O/c1-27(2,3)35-26(32)29(24-17-23(24)20-7-5-4-6-8-20)18-19-13-15-28(16-14-19)36(33,34)22-11-9-21(10-12-22)25(30)31;1-13(20)19(12-14-7-9-18-10-8-14)17-11-16(17)15-5-3-2-4-6-15/h4-12,19,23-24H,13-18H2,1-3H3,(H,30,31);2-6,14,16-18H,7-12H2,1H3. The smallest absolute Gasteiger partial charge is 0.410 e. The second-order valence-electron chi connectivity index (χ2n) is 16.8. The van der Waals surface area contributed by atoms with Crippen molar-refractivity contribution < 1.29 is 32.6 Å². The molecule has 0 aromatic heterocycles. The number of carboxylic acids is 1. The quantitative estimate of drug-likeness (QED) is 0.213. The lowest BCUT2D eigenvalue weighted by Crippen LogP contribution is -2.45. The van der Waals surface area contributed by atoms with E-state index in [1.54, 1.807) is 6.92 Å². The van der Waals surface area contributed by atoms with E-state index >= 15 is 0 Å². The first-order valence-corrected chi connectivity index (χ1v) is 21.6. The number of ether oxygens (including phenoxy) is 1. The highest BCUT2D eigenvalue weighted by Gasteiger charge is 2.47. The van der Waals surface area contributed by atoms with Crippen LogP contribution in [0.4, 0.5) is 4.79 Å². The molecule has 2 saturated carbocycles. The molecule has 4 unspecified atom stereocenters. The van der Waals surface area contributed by atoms with E-state index < -0.39 is 21.6 Å². The Kier molecular flexibility index (Phi) is 13.2. The largest absolute Gasteiger partial charge is 0.478 e. The van der Waals surface area contributed by atoms with Crippen LogP contribution < -0.4 is 5.32 Å². The Hall–Kier alpha value is -4.26. The Bertz CT molecular complexity index is 1890. The number of aromatic carboxylic acids is 1. The minimum atomic E-state index is -3.71. The summed E-state index contributed by atoms with van der Waals surface area (Å²) in [7, 11) is -3.71. The Morgan fingerprint density at radius 1 is 0.750 bits per heavy atom. The summed E-state index contributed by atoms with van der Waals surface area (Å²) in [5, 5.41) is 12.5. The zero-order chi connectivity index (χ0) is 40.0. The minimum absolute atomic E-state index is 0.0452. The minimum Gasteiger partial charge on any atom is -0.478 e. The van der Waals surface area contributed by atoms with E-state index in [4.69, 9.17) is 9.84 Å². The van der Waals surface area contributed by atoms with Crippen LogP contribution in [0.5, 0.6) is 0 Å². The summed E-state index contributed by atoms with van der Waals surface area (Å²) in [4.78, 5) is 40.3. The zero-order valence-electron chi connectivity index (χ0n) is 33.2. The predicted octanol–water partition coefficient (Wildman–Crippen LogP) is 6.97. The van der Waals surface area contributed by atoms with Gasteiger partial charge in [0.15, 0.2) is 0 Å². The van der Waals surface area contributed by atoms with Gasteiger partial charge in [0, 0.05) is 57.0 Å². The highest BCUT2D eigenvalue weighted by molar-refractivity contribution is 7.89. The number of amides is 2. The molecule has 0 radical (unpaired) electrons. The molecular formula is C44H58N4O7S. The third-order valence-corrected chi connectivity index (χ3v) is 13.4. The van der Waals surface area contributed by atoms with Crippen LogP contribution in [0.3, 0.4) is 0 Å². The van der Waals surface area contributed by atoms with E-state index in [2.05, 4.69) is 52.7 Å². The molecule has 4 fully saturated rings. The molecule has 2 N–H and O–H groups in total. The van der Waals surface area contributed by atoms with Gasteiger partial charge < -0.3 is 25.0 Å². The summed E-state index contributed by atoms with van der Waals surface area (Å²) in [6.45, 7) is 11.7. The molecule has 3 aromatic carbocycles. The van der Waals surface area contributed by atoms with E-state index in [1.807, 2.05) is 43.9 Å². The number of nitrogens with one attached hydrogen (secondary N) is 1. The number of benzene rings is 3. The normalized spacial score (nSPS) is 22.9. The second kappa shape index (κ2) is 17.9. The van der Waals surface area contributed by atoms with E-state index in [0.717, 1.165) is 32.5 Å². The van der Waals surface area contributed by atoms with Crippen molar-refractivity contribution in [3.05, 3.63) is 102 Å². The molecule has 11 nitrogen and oxygen atoms in total. The molecule has 0 spiro atoms. The number of sulfonamides is 1. The molecule has 3 aromatic rings. The van der Waals surface area contributed by atoms with Gasteiger partial charge in [-0.1, -0.05) is 60.7 Å². The maximum Gasteiger partial charge on any atom is 0.410 e. The van der Waals surface area contributed by atoms with E-state index in [0.29, 0.717) is 50.4 Å². The SMILES string of the molecule is CC(=O)N(CC1CCNCC1)C1CC1c1ccccc1.CC(C)(C)OC(=O)N(CC1CCN(S(=O)(=O)c2ccc(C(=O)O)cc2)CC1)C1CC1c1ccccc1. The number of hydrogen-bond donors (Lipinski definition) is 2. The van der Waals surface area contributed by atoms with E-state index in [-0.39, 0.29) is 40.3 Å². The molecule has 302 valence electrons. The lowest BCUT2D eigenvalue weighted by atomic mass is 9.97. The van der Waals surface area contributed by atoms with Crippen molar-refractivity contribution in [2.75, 3.05) is 39.3 Å². The summed E-state index contributed by atoms with van der Waals surface area (Å²) >= 11 is 0. The maximum absolute atomic E-state index is 13.1. The molecule has 2 saturated heterocycles. The van der Waals surface area contributed by atoms with Crippen LogP contribution in [-0.4, -0.2) is 103 Å². The molecule has 2 heterocycles. The van der Waals surface area contributed by atoms with Crippen LogP contribution in [0.2, 0.25) is 0 Å². The second-order valence-corrected chi connectivity index (χ2v) is 18.8. The number of nitrogens with zero attached hydrogens (tertiary/aromatic N) is 3. The van der Waals surface area contributed by atoms with Crippen molar-refractivity contribution in [2.24, 2.45) is 11.8 Å². The first kappa shape index (κ1) is 41.4. The van der Waals surface area contributed by atoms with Gasteiger partial charge in [0.2, 0.25) is 15.9 Å². The molecule has 12 heteroatoms. The highest BCUT2D eigenvalue weighted by atomic mass is 32.2. The molecule has 2 amide bonds. The Labute approximate surface area is 332 Å². The molecule has 4 atom stereocenters. The van der Waals surface area contributed by atoms with Crippen LogP contribution >= 0.6 is 0 Å². The van der Waals surface area contributed by atoms with Gasteiger partial charge in [0.05, 0.1) is 10.5 Å². The topological polar surface area (TPSA) is 137 Å². The first-order valence-electron chi connectivity index (χ1n) is 20.1. The van der Waals surface area contributed by atoms with Gasteiger partial charge in [0.1, 0.15) is 5.60 Å². The maximum atomic E-state index is 13.1. The highest BCUT2D eigenvalue weighted by Crippen LogP contribution is 2.46. The molecule has 7 rings (SSSR count). The number of hydrogen-bond acceptors (Lipinski definition) is 7. The first-order chi connectivity index (χ1) is 26.7. The molecule has 2 aliphatic heterocycles. The zero-order valence-corrected chi connectivity index (χ0v) is 34.0. The van der Waals surface area contributed by atoms with Gasteiger partial charge in [-0.25, -0.2) is 18.0 Å². The Balaban J connectivity index is 0.000000223. The molecule has 0 bridgehead atoms. The van der Waals surface area contributed by atoms with E-state index in [9.17, 15) is 22.8 Å². The molecule has 2 aliphatic carbocycles. The third-order valence-electron chi connectivity index (χ3n) is 11.5. The van der Waals surface area contributed by atoms with Crippen molar-refractivity contribution in [2.45, 2.75) is 101 Å². The monoisotopic (exact) mass is 786 g/mol. The Morgan fingerprint density at radius 3 is 1.71 bits per heavy atom. The van der Waals surface area contributed by atoms with Crippen molar-refractivity contribution in [1.82, 2.24) is 19.4 Å². The average molecular weight is 787 g/mol. The van der Waals surface area contributed by atoms with Gasteiger partial charge >= 0.3 is 12.1 Å². The summed E-state index contributed by atoms with van der Waals surface area (Å²) in [5.74, 6) is 0.828. The van der Waals surface area contributed by atoms with E-state index in [1.165, 1.54) is 52.5 Å². The van der Waals surface area contributed by atoms with Gasteiger partial charge in [-0.05, 0) is 120 Å². The summed E-state index contributed by atoms with van der Waals surface area (Å²) in [6.07, 6.45) is 5.37. The molecular weight excluding hydrogens is 729 g/mol. The van der Waals surface area contributed by atoms with Gasteiger partial charge in [0.25, 0.3) is 0 Å². The predicted molar refractivity (Wildman–Crippen MR) is 216 cm³/mol. The van der Waals surface area contributed by atoms with Crippen molar-refractivity contribution in [3.8, 4) is 0 Å². The van der Waals surface area contributed by atoms with Gasteiger partial charge in [-0.3, -0.25) is 4.79 Å². The lowest BCUT2D eigenvalue weighted by molar-refractivity contribution is -0.130. The fourth-order valence-electron chi connectivity index (χ4n) is 8.20. The number of carbonyl (C=O) groups excluding carboxylic acids is 2. The van der Waals surface area contributed by atoms with Crippen molar-refractivity contribution in [1.29, 1.82) is 0 Å². The van der Waals surface area contributed by atoms with Gasteiger partial charge in [-0.2, -0.15) is 4.31 Å². The number of rotatable bonds is 11. The number of piperidine rings is 2. The van der Waals surface area contributed by atoms with Crippen molar-refractivity contribution >= 4 is 28.0 Å². The molecule has 56 heavy (non-hydrogen) atoms. The lowest BCUT2D eigenvalue weighted by Gasteiger charge is -2.35. The van der Waals surface area contributed by atoms with Crippen LogP contribution in [0.15, 0.2) is 89.8 Å². The third kappa shape index (κ3) is 10.8. The molecule has 4 aliphatic rings. The number of carboxylic acid groups (broad SMARTS) is 1. The van der Waals surface area contributed by atoms with Crippen molar-refractivity contribution in [3.63, 3.8) is 0 Å². The average Bonchev–Trinajstić information content (AvgIpc) is 4.13. The fourth-order valence-corrected chi connectivity index (χ4v) is 9.67. The van der Waals surface area contributed by atoms with Crippen LogP contribution in [0.1, 0.15) is 99.5 Å². The summed E-state index contributed by atoms with van der Waals surface area (Å²) in [5.41, 5.74) is 2.05. The fraction of sp³-hybridized carbons (Fsp3) is 0.523. The number of carbonyl (C=O) groups is 3. The summed E-state index contributed by atoms with van der Waals surface area (Å²) < 4.78 is 33.3. The summed E-state index contributed by atoms with van der Waals surface area (Å²) in [6, 6.07) is 26.6. The van der Waals surface area contributed by atoms with Crippen LogP contribution in [0.25, 0.3) is 0 Å². The van der Waals surface area contributed by atoms with Crippen LogP contribution in [0, 0.1) is 11.8 Å². The van der Waals surface area contributed by atoms with Crippen LogP contribution in [-0.2, 0) is 19.6 Å². The Morgan fingerprint density at radius 2 is 1.23 bits per heavy atom. The van der Waals surface area contributed by atoms with Gasteiger partial charge in [-0.15, -0.1) is 0 Å².